The number of aldehydes is 1. The monoisotopic (exact) mass is 393 g/mol. The molecule has 0 saturated heterocycles. The highest BCUT2D eigenvalue weighted by molar-refractivity contribution is 5.77. The van der Waals surface area contributed by atoms with E-state index in [4.69, 9.17) is 9.47 Å². The lowest BCUT2D eigenvalue weighted by molar-refractivity contribution is -0.532. The van der Waals surface area contributed by atoms with Gasteiger partial charge in [0.05, 0.1) is 18.9 Å². The van der Waals surface area contributed by atoms with Gasteiger partial charge in [-0.3, -0.25) is 14.9 Å². The molecule has 0 bridgehead atoms. The number of fused-ring (bicyclic) bond motifs is 3. The number of benzene rings is 2. The molecular formula is C23H23NO5. The van der Waals surface area contributed by atoms with E-state index in [-0.39, 0.29) is 10.8 Å². The Morgan fingerprint density at radius 1 is 1.14 bits per heavy atom. The van der Waals surface area contributed by atoms with Crippen LogP contribution in [0.5, 0.6) is 11.5 Å². The number of ether oxygens (including phenoxy) is 2. The molecule has 150 valence electrons. The van der Waals surface area contributed by atoms with Crippen LogP contribution in [0.3, 0.4) is 0 Å². The summed E-state index contributed by atoms with van der Waals surface area (Å²) in [5.74, 6) is -0.00355. The number of rotatable bonds is 4. The molecule has 1 aliphatic heterocycles. The molecule has 4 atom stereocenters. The highest BCUT2D eigenvalue weighted by Gasteiger charge is 2.56. The number of carbonyl (C=O) groups excluding carboxylic acids is 1. The zero-order valence-electron chi connectivity index (χ0n) is 16.6. The largest absolute Gasteiger partial charge is 0.497 e. The van der Waals surface area contributed by atoms with E-state index in [1.165, 1.54) is 0 Å². The van der Waals surface area contributed by atoms with Crippen LogP contribution >= 0.6 is 0 Å². The summed E-state index contributed by atoms with van der Waals surface area (Å²) in [6, 6.07) is 13.6. The van der Waals surface area contributed by atoms with Gasteiger partial charge in [-0.15, -0.1) is 0 Å². The van der Waals surface area contributed by atoms with Crippen molar-refractivity contribution in [3.05, 3.63) is 81.4 Å². The number of para-hydroxylation sites is 1. The molecule has 0 saturated carbocycles. The summed E-state index contributed by atoms with van der Waals surface area (Å²) in [4.78, 5) is 24.2. The van der Waals surface area contributed by atoms with Crippen molar-refractivity contribution in [2.45, 2.75) is 37.3 Å². The fourth-order valence-corrected chi connectivity index (χ4v) is 4.81. The van der Waals surface area contributed by atoms with E-state index in [1.807, 2.05) is 44.2 Å². The van der Waals surface area contributed by atoms with Crippen molar-refractivity contribution >= 4 is 6.29 Å². The lowest BCUT2D eigenvalue weighted by atomic mass is 9.61. The van der Waals surface area contributed by atoms with Gasteiger partial charge in [0.25, 0.3) is 0 Å². The molecule has 0 amide bonds. The fraction of sp³-hybridized carbons (Fsp3) is 0.348. The predicted molar refractivity (Wildman–Crippen MR) is 108 cm³/mol. The maximum absolute atomic E-state index is 12.4. The summed E-state index contributed by atoms with van der Waals surface area (Å²) in [5.41, 5.74) is 1.30. The lowest BCUT2D eigenvalue weighted by Crippen LogP contribution is -2.52. The van der Waals surface area contributed by atoms with Crippen LogP contribution in [-0.4, -0.2) is 30.0 Å². The van der Waals surface area contributed by atoms with E-state index in [0.717, 1.165) is 17.4 Å². The zero-order chi connectivity index (χ0) is 20.8. The number of carbonyl (C=O) groups is 1. The Bertz CT molecular complexity index is 979. The van der Waals surface area contributed by atoms with Crippen molar-refractivity contribution in [1.82, 2.24) is 0 Å². The standard InChI is InChI=1S/C23H23NO5/c1-23(2)18-12-15(13-25)20(14-8-10-16(28-3)11-9-14)22(24(26)27)21(18)17-6-4-5-7-19(17)29-23/h4-13,18,20-22H,1-3H3/t18-,20+,21+,22-/m0/s1. The van der Waals surface area contributed by atoms with Crippen molar-refractivity contribution in [3.8, 4) is 11.5 Å². The average Bonchev–Trinajstić information content (AvgIpc) is 2.72. The van der Waals surface area contributed by atoms with Crippen molar-refractivity contribution in [2.24, 2.45) is 5.92 Å². The van der Waals surface area contributed by atoms with Crippen LogP contribution in [0.2, 0.25) is 0 Å². The van der Waals surface area contributed by atoms with Gasteiger partial charge < -0.3 is 9.47 Å². The molecule has 1 heterocycles. The molecule has 0 spiro atoms. The Hall–Kier alpha value is -3.15. The number of hydrogen-bond acceptors (Lipinski definition) is 5. The highest BCUT2D eigenvalue weighted by atomic mass is 16.6. The number of nitrogens with zero attached hydrogens (tertiary/aromatic N) is 1. The fourth-order valence-electron chi connectivity index (χ4n) is 4.81. The molecule has 4 rings (SSSR count). The first-order valence-electron chi connectivity index (χ1n) is 9.59. The molecule has 0 radical (unpaired) electrons. The van der Waals surface area contributed by atoms with Crippen LogP contribution in [0.25, 0.3) is 0 Å². The topological polar surface area (TPSA) is 78.7 Å². The summed E-state index contributed by atoms with van der Waals surface area (Å²) in [6.45, 7) is 3.84. The third-order valence-corrected chi connectivity index (χ3v) is 6.14. The Labute approximate surface area is 169 Å². The third kappa shape index (κ3) is 3.09. The minimum Gasteiger partial charge on any atom is -0.497 e. The van der Waals surface area contributed by atoms with Crippen molar-refractivity contribution < 1.29 is 19.2 Å². The van der Waals surface area contributed by atoms with Gasteiger partial charge in [0.2, 0.25) is 6.04 Å². The summed E-state index contributed by atoms with van der Waals surface area (Å²) >= 11 is 0. The second-order valence-corrected chi connectivity index (χ2v) is 8.11. The first kappa shape index (κ1) is 19.2. The molecule has 0 fully saturated rings. The maximum Gasteiger partial charge on any atom is 0.231 e. The first-order valence-corrected chi connectivity index (χ1v) is 9.59. The molecule has 29 heavy (non-hydrogen) atoms. The summed E-state index contributed by atoms with van der Waals surface area (Å²) < 4.78 is 11.4. The first-order chi connectivity index (χ1) is 13.9. The quantitative estimate of drug-likeness (QED) is 0.443. The smallest absolute Gasteiger partial charge is 0.231 e. The Balaban J connectivity index is 1.93. The summed E-state index contributed by atoms with van der Waals surface area (Å²) in [6.07, 6.45) is 2.63. The van der Waals surface area contributed by atoms with Crippen LogP contribution in [-0.2, 0) is 4.79 Å². The average molecular weight is 393 g/mol. The summed E-state index contributed by atoms with van der Waals surface area (Å²) in [5, 5.41) is 12.4. The lowest BCUT2D eigenvalue weighted by Gasteiger charge is -2.48. The highest BCUT2D eigenvalue weighted by Crippen LogP contribution is 2.54. The second-order valence-electron chi connectivity index (χ2n) is 8.11. The third-order valence-electron chi connectivity index (χ3n) is 6.14. The summed E-state index contributed by atoms with van der Waals surface area (Å²) in [7, 11) is 1.57. The van der Waals surface area contributed by atoms with Crippen LogP contribution in [0.4, 0.5) is 0 Å². The molecule has 1 aliphatic carbocycles. The number of nitro groups is 1. The Morgan fingerprint density at radius 3 is 2.45 bits per heavy atom. The molecule has 0 N–H and O–H groups in total. The zero-order valence-corrected chi connectivity index (χ0v) is 16.6. The van der Waals surface area contributed by atoms with Crippen LogP contribution in [0.1, 0.15) is 36.8 Å². The normalized spacial score (nSPS) is 26.9. The van der Waals surface area contributed by atoms with Crippen molar-refractivity contribution in [3.63, 3.8) is 0 Å². The maximum atomic E-state index is 12.4. The van der Waals surface area contributed by atoms with Crippen LogP contribution in [0.15, 0.2) is 60.2 Å². The Morgan fingerprint density at radius 2 is 1.83 bits per heavy atom. The van der Waals surface area contributed by atoms with Crippen LogP contribution in [0, 0.1) is 16.0 Å². The Kier molecular flexibility index (Phi) is 4.65. The second kappa shape index (κ2) is 7.03. The van der Waals surface area contributed by atoms with E-state index < -0.39 is 23.5 Å². The molecule has 0 unspecified atom stereocenters. The van der Waals surface area contributed by atoms with Crippen LogP contribution < -0.4 is 9.47 Å². The SMILES string of the molecule is COc1ccc([C@@H]2C(C=O)=C[C@H]3[C@@H](c4ccccc4OC3(C)C)[C@H]2[N+](=O)[O-])cc1. The minimum atomic E-state index is -0.983. The van der Waals surface area contributed by atoms with E-state index in [0.29, 0.717) is 17.1 Å². The molecule has 2 aromatic rings. The van der Waals surface area contributed by atoms with E-state index in [1.54, 1.807) is 31.4 Å². The number of methoxy groups -OCH3 is 1. The van der Waals surface area contributed by atoms with Crippen molar-refractivity contribution in [1.29, 1.82) is 0 Å². The van der Waals surface area contributed by atoms with Gasteiger partial charge in [-0.25, -0.2) is 0 Å². The molecule has 6 nitrogen and oxygen atoms in total. The van der Waals surface area contributed by atoms with Gasteiger partial charge in [-0.1, -0.05) is 36.4 Å². The molecule has 0 aromatic heterocycles. The predicted octanol–water partition coefficient (Wildman–Crippen LogP) is 4.13. The van der Waals surface area contributed by atoms with Gasteiger partial charge in [-0.05, 0) is 37.6 Å². The molecule has 2 aliphatic rings. The van der Waals surface area contributed by atoms with Gasteiger partial charge >= 0.3 is 0 Å². The molecule has 6 heteroatoms. The number of hydrogen-bond donors (Lipinski definition) is 0. The minimum absolute atomic E-state index is 0.235. The molecular weight excluding hydrogens is 370 g/mol. The van der Waals surface area contributed by atoms with Gasteiger partial charge in [0, 0.05) is 22.0 Å². The van der Waals surface area contributed by atoms with E-state index >= 15 is 0 Å². The van der Waals surface area contributed by atoms with Gasteiger partial charge in [0.15, 0.2) is 0 Å². The molecule has 2 aromatic carbocycles. The van der Waals surface area contributed by atoms with E-state index in [2.05, 4.69) is 0 Å². The van der Waals surface area contributed by atoms with Crippen molar-refractivity contribution in [2.75, 3.05) is 7.11 Å². The van der Waals surface area contributed by atoms with E-state index in [9.17, 15) is 14.9 Å². The van der Waals surface area contributed by atoms with Gasteiger partial charge in [0.1, 0.15) is 23.4 Å². The van der Waals surface area contributed by atoms with Gasteiger partial charge in [-0.2, -0.15) is 0 Å².